The Kier molecular flexibility index (Phi) is 5.74. The minimum atomic E-state index is -0.202. The summed E-state index contributed by atoms with van der Waals surface area (Å²) in [6, 6.07) is 17.1. The van der Waals surface area contributed by atoms with Crippen molar-refractivity contribution in [3.63, 3.8) is 0 Å². The Morgan fingerprint density at radius 1 is 0.867 bits per heavy atom. The number of piperazine rings is 1. The van der Waals surface area contributed by atoms with Crippen LogP contribution >= 0.6 is 0 Å². The molecular weight excluding hydrogens is 378 g/mol. The van der Waals surface area contributed by atoms with Crippen molar-refractivity contribution in [3.05, 3.63) is 66.4 Å². The van der Waals surface area contributed by atoms with Crippen molar-refractivity contribution < 1.29 is 4.79 Å². The number of carbonyl (C=O) groups excluding carboxylic acids is 1. The molecule has 0 atom stereocenters. The van der Waals surface area contributed by atoms with E-state index in [0.29, 0.717) is 11.4 Å². The molecule has 30 heavy (non-hydrogen) atoms. The molecule has 1 aliphatic rings. The van der Waals surface area contributed by atoms with Crippen LogP contribution in [0.1, 0.15) is 10.4 Å². The summed E-state index contributed by atoms with van der Waals surface area (Å²) < 4.78 is 0. The molecule has 1 aromatic carbocycles. The van der Waals surface area contributed by atoms with Gasteiger partial charge in [-0.25, -0.2) is 4.98 Å². The lowest BCUT2D eigenvalue weighted by molar-refractivity contribution is 0.102. The second-order valence-electron chi connectivity index (χ2n) is 7.33. The minimum absolute atomic E-state index is 0.202. The Hall–Kier alpha value is -3.68. The normalized spacial score (nSPS) is 13.8. The molecule has 1 amide bonds. The van der Waals surface area contributed by atoms with E-state index in [0.717, 1.165) is 43.5 Å². The predicted molar refractivity (Wildman–Crippen MR) is 119 cm³/mol. The van der Waals surface area contributed by atoms with E-state index >= 15 is 0 Å². The Balaban J connectivity index is 1.33. The van der Waals surface area contributed by atoms with Crippen LogP contribution in [-0.2, 0) is 0 Å². The van der Waals surface area contributed by atoms with Gasteiger partial charge in [0.05, 0.1) is 0 Å². The summed E-state index contributed by atoms with van der Waals surface area (Å²) in [5, 5.41) is 11.3. The zero-order valence-corrected chi connectivity index (χ0v) is 17.2. The van der Waals surface area contributed by atoms with Gasteiger partial charge in [-0.2, -0.15) is 0 Å². The highest BCUT2D eigenvalue weighted by Gasteiger charge is 2.19. The number of amides is 1. The first-order chi connectivity index (χ1) is 14.6. The van der Waals surface area contributed by atoms with Gasteiger partial charge >= 0.3 is 0 Å². The number of hydrogen-bond acceptors (Lipinski definition) is 7. The molecule has 0 spiro atoms. The van der Waals surface area contributed by atoms with Gasteiger partial charge in [0.2, 0.25) is 0 Å². The zero-order valence-electron chi connectivity index (χ0n) is 17.2. The summed E-state index contributed by atoms with van der Waals surface area (Å²) in [4.78, 5) is 23.3. The fourth-order valence-corrected chi connectivity index (χ4v) is 3.37. The third-order valence-electron chi connectivity index (χ3n) is 5.11. The summed E-state index contributed by atoms with van der Waals surface area (Å²) >= 11 is 0. The highest BCUT2D eigenvalue weighted by atomic mass is 16.1. The van der Waals surface area contributed by atoms with Gasteiger partial charge in [-0.1, -0.05) is 6.07 Å². The van der Waals surface area contributed by atoms with Crippen LogP contribution in [0, 0.1) is 0 Å². The van der Waals surface area contributed by atoms with Crippen LogP contribution in [0.3, 0.4) is 0 Å². The quantitative estimate of drug-likeness (QED) is 0.701. The minimum Gasteiger partial charge on any atom is -0.378 e. The van der Waals surface area contributed by atoms with Crippen molar-refractivity contribution in [2.75, 3.05) is 60.3 Å². The Morgan fingerprint density at radius 2 is 1.57 bits per heavy atom. The molecule has 3 aromatic rings. The standard InChI is InChI=1S/C22H25N7O/c1-27(2)18-8-6-17(7-9-18)22(30)24-19-10-11-21(26-25-19)29-15-13-28(14-16-29)20-5-3-4-12-23-20/h3-12H,13-16H2,1-2H3,(H,24,25,30). The molecule has 154 valence electrons. The summed E-state index contributed by atoms with van der Waals surface area (Å²) in [6.45, 7) is 3.44. The Bertz CT molecular complexity index is 967. The summed E-state index contributed by atoms with van der Waals surface area (Å²) in [5.74, 6) is 2.04. The third-order valence-corrected chi connectivity index (χ3v) is 5.11. The molecule has 1 aliphatic heterocycles. The fourth-order valence-electron chi connectivity index (χ4n) is 3.37. The lowest BCUT2D eigenvalue weighted by atomic mass is 10.2. The van der Waals surface area contributed by atoms with E-state index in [-0.39, 0.29) is 5.91 Å². The number of rotatable bonds is 5. The molecule has 0 aliphatic carbocycles. The Labute approximate surface area is 176 Å². The highest BCUT2D eigenvalue weighted by molar-refractivity contribution is 6.03. The SMILES string of the molecule is CN(C)c1ccc(C(=O)Nc2ccc(N3CCN(c4ccccn4)CC3)nn2)cc1. The van der Waals surface area contributed by atoms with Gasteiger partial charge in [0, 0.05) is 57.7 Å². The monoisotopic (exact) mass is 403 g/mol. The molecule has 3 heterocycles. The third kappa shape index (κ3) is 4.48. The van der Waals surface area contributed by atoms with Crippen LogP contribution in [0.2, 0.25) is 0 Å². The van der Waals surface area contributed by atoms with Gasteiger partial charge < -0.3 is 20.0 Å². The van der Waals surface area contributed by atoms with Gasteiger partial charge in [0.15, 0.2) is 11.6 Å². The van der Waals surface area contributed by atoms with Crippen molar-refractivity contribution in [1.82, 2.24) is 15.2 Å². The molecule has 0 saturated carbocycles. The number of anilines is 4. The summed E-state index contributed by atoms with van der Waals surface area (Å²) in [6.07, 6.45) is 1.82. The molecule has 1 fully saturated rings. The maximum absolute atomic E-state index is 12.4. The van der Waals surface area contributed by atoms with E-state index in [1.165, 1.54) is 0 Å². The number of aromatic nitrogens is 3. The van der Waals surface area contributed by atoms with Crippen LogP contribution in [0.15, 0.2) is 60.8 Å². The number of nitrogens with zero attached hydrogens (tertiary/aromatic N) is 6. The van der Waals surface area contributed by atoms with Gasteiger partial charge in [-0.15, -0.1) is 10.2 Å². The number of benzene rings is 1. The average molecular weight is 403 g/mol. The van der Waals surface area contributed by atoms with Crippen molar-refractivity contribution in [3.8, 4) is 0 Å². The fraction of sp³-hybridized carbons (Fsp3) is 0.273. The van der Waals surface area contributed by atoms with Crippen LogP contribution in [0.25, 0.3) is 0 Å². The largest absolute Gasteiger partial charge is 0.378 e. The maximum atomic E-state index is 12.4. The van der Waals surface area contributed by atoms with E-state index in [2.05, 4.69) is 30.3 Å². The van der Waals surface area contributed by atoms with Crippen molar-refractivity contribution in [2.24, 2.45) is 0 Å². The molecule has 8 nitrogen and oxygen atoms in total. The van der Waals surface area contributed by atoms with E-state index in [1.54, 1.807) is 18.2 Å². The Morgan fingerprint density at radius 3 is 2.13 bits per heavy atom. The lowest BCUT2D eigenvalue weighted by Gasteiger charge is -2.35. The molecule has 1 N–H and O–H groups in total. The molecule has 4 rings (SSSR count). The highest BCUT2D eigenvalue weighted by Crippen LogP contribution is 2.18. The predicted octanol–water partition coefficient (Wildman–Crippen LogP) is 2.52. The first-order valence-electron chi connectivity index (χ1n) is 9.93. The van der Waals surface area contributed by atoms with Crippen LogP contribution < -0.4 is 20.0 Å². The lowest BCUT2D eigenvalue weighted by Crippen LogP contribution is -2.47. The topological polar surface area (TPSA) is 77.5 Å². The molecule has 1 saturated heterocycles. The smallest absolute Gasteiger partial charge is 0.256 e. The molecule has 0 unspecified atom stereocenters. The van der Waals surface area contributed by atoms with Gasteiger partial charge in [-0.05, 0) is 48.5 Å². The van der Waals surface area contributed by atoms with Crippen molar-refractivity contribution in [2.45, 2.75) is 0 Å². The summed E-state index contributed by atoms with van der Waals surface area (Å²) in [5.41, 5.74) is 1.62. The number of nitrogens with one attached hydrogen (secondary N) is 1. The average Bonchev–Trinajstić information content (AvgIpc) is 2.80. The molecule has 0 radical (unpaired) electrons. The van der Waals surface area contributed by atoms with Gasteiger partial charge in [0.1, 0.15) is 5.82 Å². The molecular formula is C22H25N7O. The van der Waals surface area contributed by atoms with Crippen molar-refractivity contribution in [1.29, 1.82) is 0 Å². The second-order valence-corrected chi connectivity index (χ2v) is 7.33. The maximum Gasteiger partial charge on any atom is 0.256 e. The van der Waals surface area contributed by atoms with Crippen LogP contribution in [0.4, 0.5) is 23.1 Å². The van der Waals surface area contributed by atoms with E-state index < -0.39 is 0 Å². The number of pyridine rings is 1. The van der Waals surface area contributed by atoms with Crippen molar-refractivity contribution >= 4 is 29.0 Å². The van der Waals surface area contributed by atoms with Gasteiger partial charge in [-0.3, -0.25) is 4.79 Å². The number of carbonyl (C=O) groups is 1. The van der Waals surface area contributed by atoms with E-state index in [9.17, 15) is 4.79 Å². The molecule has 8 heteroatoms. The molecule has 2 aromatic heterocycles. The van der Waals surface area contributed by atoms with E-state index in [1.807, 2.05) is 61.6 Å². The zero-order chi connectivity index (χ0) is 20.9. The first-order valence-corrected chi connectivity index (χ1v) is 9.93. The van der Waals surface area contributed by atoms with Gasteiger partial charge in [0.25, 0.3) is 5.91 Å². The van der Waals surface area contributed by atoms with Crippen LogP contribution in [0.5, 0.6) is 0 Å². The number of hydrogen-bond donors (Lipinski definition) is 1. The van der Waals surface area contributed by atoms with E-state index in [4.69, 9.17) is 0 Å². The van der Waals surface area contributed by atoms with Crippen LogP contribution in [-0.4, -0.2) is 61.4 Å². The summed E-state index contributed by atoms with van der Waals surface area (Å²) in [7, 11) is 3.93. The molecule has 0 bridgehead atoms. The first kappa shape index (κ1) is 19.6. The second kappa shape index (κ2) is 8.77.